The zero-order chi connectivity index (χ0) is 13.9. The molecule has 0 saturated carbocycles. The van der Waals surface area contributed by atoms with E-state index in [0.717, 1.165) is 5.69 Å². The van der Waals surface area contributed by atoms with Crippen LogP contribution in [0.4, 0.5) is 0 Å². The van der Waals surface area contributed by atoms with E-state index in [-0.39, 0.29) is 17.1 Å². The normalized spacial score (nSPS) is 11.3. The number of rotatable bonds is 3. The first-order valence-electron chi connectivity index (χ1n) is 5.93. The van der Waals surface area contributed by atoms with E-state index >= 15 is 0 Å². The van der Waals surface area contributed by atoms with E-state index in [2.05, 4.69) is 30.5 Å². The van der Waals surface area contributed by atoms with Gasteiger partial charge in [0.1, 0.15) is 12.2 Å². The summed E-state index contributed by atoms with van der Waals surface area (Å²) in [7, 11) is 0. The molecule has 100 valence electrons. The number of nitrogens with one attached hydrogen (secondary N) is 2. The van der Waals surface area contributed by atoms with Crippen molar-refractivity contribution in [3.63, 3.8) is 0 Å². The number of hydrogen-bond acceptors (Lipinski definition) is 5. The molecular weight excluding hydrogens is 244 g/mol. The van der Waals surface area contributed by atoms with Gasteiger partial charge < -0.3 is 5.32 Å². The Morgan fingerprint density at radius 3 is 2.79 bits per heavy atom. The minimum absolute atomic E-state index is 0.138. The molecule has 7 nitrogen and oxygen atoms in total. The summed E-state index contributed by atoms with van der Waals surface area (Å²) < 4.78 is 0. The Bertz CT molecular complexity index is 557. The molecule has 2 heterocycles. The summed E-state index contributed by atoms with van der Waals surface area (Å²) in [6, 6.07) is 1.73. The van der Waals surface area contributed by atoms with Crippen molar-refractivity contribution in [1.29, 1.82) is 0 Å². The molecule has 0 aromatic carbocycles. The van der Waals surface area contributed by atoms with Crippen molar-refractivity contribution in [2.45, 2.75) is 32.7 Å². The summed E-state index contributed by atoms with van der Waals surface area (Å²) in [6.45, 7) is 6.31. The average Bonchev–Trinajstić information content (AvgIpc) is 2.87. The summed E-state index contributed by atoms with van der Waals surface area (Å²) in [5, 5.41) is 9.40. The Kier molecular flexibility index (Phi) is 3.55. The molecule has 2 aromatic rings. The molecule has 0 radical (unpaired) electrons. The van der Waals surface area contributed by atoms with E-state index in [1.54, 1.807) is 12.3 Å². The number of carbonyl (C=O) groups excluding carboxylic acids is 1. The highest BCUT2D eigenvalue weighted by molar-refractivity contribution is 5.90. The van der Waals surface area contributed by atoms with E-state index in [9.17, 15) is 4.79 Å². The molecule has 0 fully saturated rings. The maximum atomic E-state index is 11.9. The molecule has 2 rings (SSSR count). The van der Waals surface area contributed by atoms with Crippen LogP contribution < -0.4 is 5.32 Å². The molecule has 0 unspecified atom stereocenters. The number of aromatic amines is 1. The molecule has 0 bridgehead atoms. The van der Waals surface area contributed by atoms with E-state index in [1.165, 1.54) is 6.33 Å². The second-order valence-electron chi connectivity index (χ2n) is 5.14. The molecule has 0 aliphatic carbocycles. The molecule has 0 aliphatic rings. The van der Waals surface area contributed by atoms with Gasteiger partial charge in [-0.25, -0.2) is 15.0 Å². The van der Waals surface area contributed by atoms with Crippen molar-refractivity contribution in [1.82, 2.24) is 30.5 Å². The summed E-state index contributed by atoms with van der Waals surface area (Å²) in [5.41, 5.74) is 0.563. The molecule has 19 heavy (non-hydrogen) atoms. The molecule has 0 aliphatic heterocycles. The third-order valence-corrected chi connectivity index (χ3v) is 2.47. The highest BCUT2D eigenvalue weighted by atomic mass is 16.2. The van der Waals surface area contributed by atoms with Gasteiger partial charge in [-0.15, -0.1) is 5.10 Å². The minimum Gasteiger partial charge on any atom is -0.344 e. The lowest BCUT2D eigenvalue weighted by molar-refractivity contribution is 0.0940. The van der Waals surface area contributed by atoms with Gasteiger partial charge in [0.05, 0.1) is 12.2 Å². The first kappa shape index (κ1) is 13.1. The summed E-state index contributed by atoms with van der Waals surface area (Å²) in [5.74, 6) is 0.490. The third kappa shape index (κ3) is 3.34. The Morgan fingerprint density at radius 2 is 2.21 bits per heavy atom. The van der Waals surface area contributed by atoms with Gasteiger partial charge in [-0.2, -0.15) is 0 Å². The predicted molar refractivity (Wildman–Crippen MR) is 68.3 cm³/mol. The number of amides is 1. The zero-order valence-corrected chi connectivity index (χ0v) is 11.1. The van der Waals surface area contributed by atoms with Crippen molar-refractivity contribution >= 4 is 5.91 Å². The van der Waals surface area contributed by atoms with Gasteiger partial charge in [0.25, 0.3) is 5.91 Å². The number of hydrogen-bond donors (Lipinski definition) is 2. The van der Waals surface area contributed by atoms with Crippen molar-refractivity contribution < 1.29 is 4.79 Å². The van der Waals surface area contributed by atoms with Crippen LogP contribution in [0.15, 0.2) is 18.6 Å². The van der Waals surface area contributed by atoms with E-state index in [4.69, 9.17) is 0 Å². The Hall–Kier alpha value is -2.31. The molecule has 0 spiro atoms. The van der Waals surface area contributed by atoms with Gasteiger partial charge in [0, 0.05) is 11.6 Å². The maximum Gasteiger partial charge on any atom is 0.291 e. The second-order valence-corrected chi connectivity index (χ2v) is 5.14. The molecule has 2 N–H and O–H groups in total. The van der Waals surface area contributed by atoms with Crippen molar-refractivity contribution in [2.24, 2.45) is 0 Å². The van der Waals surface area contributed by atoms with Crippen LogP contribution in [0, 0.1) is 0 Å². The van der Waals surface area contributed by atoms with Gasteiger partial charge in [-0.1, -0.05) is 20.8 Å². The Morgan fingerprint density at radius 1 is 1.42 bits per heavy atom. The fourth-order valence-corrected chi connectivity index (χ4v) is 1.37. The lowest BCUT2D eigenvalue weighted by atomic mass is 9.96. The molecule has 0 saturated heterocycles. The van der Waals surface area contributed by atoms with Gasteiger partial charge in [-0.3, -0.25) is 9.89 Å². The van der Waals surface area contributed by atoms with Crippen LogP contribution in [0.5, 0.6) is 0 Å². The first-order chi connectivity index (χ1) is 8.97. The van der Waals surface area contributed by atoms with Crippen LogP contribution in [-0.4, -0.2) is 31.1 Å². The number of nitrogens with zero attached hydrogens (tertiary/aromatic N) is 4. The summed E-state index contributed by atoms with van der Waals surface area (Å²) >= 11 is 0. The SMILES string of the molecule is CC(C)(C)c1nc(C(=O)NCc2ccncn2)n[nH]1. The van der Waals surface area contributed by atoms with Gasteiger partial charge in [0.2, 0.25) is 5.82 Å². The highest BCUT2D eigenvalue weighted by Gasteiger charge is 2.21. The minimum atomic E-state index is -0.328. The van der Waals surface area contributed by atoms with Gasteiger partial charge >= 0.3 is 0 Å². The van der Waals surface area contributed by atoms with Crippen LogP contribution in [0.25, 0.3) is 0 Å². The number of carbonyl (C=O) groups is 1. The Balaban J connectivity index is 1.99. The van der Waals surface area contributed by atoms with Crippen LogP contribution >= 0.6 is 0 Å². The van der Waals surface area contributed by atoms with Crippen molar-refractivity contribution in [3.05, 3.63) is 35.9 Å². The molecule has 0 atom stereocenters. The Labute approximate surface area is 110 Å². The zero-order valence-electron chi connectivity index (χ0n) is 11.1. The van der Waals surface area contributed by atoms with Gasteiger partial charge in [-0.05, 0) is 6.07 Å². The summed E-state index contributed by atoms with van der Waals surface area (Å²) in [6.07, 6.45) is 3.06. The van der Waals surface area contributed by atoms with E-state index in [1.807, 2.05) is 20.8 Å². The van der Waals surface area contributed by atoms with Crippen molar-refractivity contribution in [3.8, 4) is 0 Å². The topological polar surface area (TPSA) is 96.5 Å². The van der Waals surface area contributed by atoms with E-state index < -0.39 is 0 Å². The number of H-pyrrole nitrogens is 1. The van der Waals surface area contributed by atoms with E-state index in [0.29, 0.717) is 12.4 Å². The van der Waals surface area contributed by atoms with Crippen LogP contribution in [-0.2, 0) is 12.0 Å². The third-order valence-electron chi connectivity index (χ3n) is 2.47. The molecular formula is C12H16N6O. The second kappa shape index (κ2) is 5.13. The lowest BCUT2D eigenvalue weighted by Gasteiger charge is -2.12. The quantitative estimate of drug-likeness (QED) is 0.851. The monoisotopic (exact) mass is 260 g/mol. The average molecular weight is 260 g/mol. The lowest BCUT2D eigenvalue weighted by Crippen LogP contribution is -2.24. The highest BCUT2D eigenvalue weighted by Crippen LogP contribution is 2.17. The van der Waals surface area contributed by atoms with Crippen LogP contribution in [0.2, 0.25) is 0 Å². The fraction of sp³-hybridized carbons (Fsp3) is 0.417. The molecule has 2 aromatic heterocycles. The van der Waals surface area contributed by atoms with Crippen molar-refractivity contribution in [2.75, 3.05) is 0 Å². The standard InChI is InChI=1S/C12H16N6O/c1-12(2,3)11-16-9(17-18-11)10(19)14-6-8-4-5-13-7-15-8/h4-5,7H,6H2,1-3H3,(H,14,19)(H,16,17,18). The maximum absolute atomic E-state index is 11.9. The smallest absolute Gasteiger partial charge is 0.291 e. The molecule has 1 amide bonds. The predicted octanol–water partition coefficient (Wildman–Crippen LogP) is 0.822. The molecule has 7 heteroatoms. The van der Waals surface area contributed by atoms with Crippen LogP contribution in [0.1, 0.15) is 42.9 Å². The summed E-state index contributed by atoms with van der Waals surface area (Å²) in [4.78, 5) is 23.9. The fourth-order valence-electron chi connectivity index (χ4n) is 1.37. The first-order valence-corrected chi connectivity index (χ1v) is 5.93. The van der Waals surface area contributed by atoms with Crippen LogP contribution in [0.3, 0.4) is 0 Å². The largest absolute Gasteiger partial charge is 0.344 e. The van der Waals surface area contributed by atoms with Gasteiger partial charge in [0.15, 0.2) is 0 Å². The number of aromatic nitrogens is 5.